The molecule has 1 aliphatic rings. The van der Waals surface area contributed by atoms with E-state index in [9.17, 15) is 9.59 Å². The minimum absolute atomic E-state index is 0.128. The highest BCUT2D eigenvalue weighted by atomic mass is 16.2. The van der Waals surface area contributed by atoms with Gasteiger partial charge < -0.3 is 15.6 Å². The van der Waals surface area contributed by atoms with Crippen LogP contribution in [0, 0.1) is 5.92 Å². The highest BCUT2D eigenvalue weighted by molar-refractivity contribution is 5.80. The average molecular weight is 264 g/mol. The maximum Gasteiger partial charge on any atom is 0.252 e. The lowest BCUT2D eigenvalue weighted by Gasteiger charge is -2.09. The Morgan fingerprint density at radius 2 is 2.21 bits per heavy atom. The van der Waals surface area contributed by atoms with E-state index in [1.807, 2.05) is 13.8 Å². The predicted octanol–water partition coefficient (Wildman–Crippen LogP) is 0.831. The van der Waals surface area contributed by atoms with Gasteiger partial charge >= 0.3 is 0 Å². The van der Waals surface area contributed by atoms with Crippen molar-refractivity contribution in [3.63, 3.8) is 0 Å². The largest absolute Gasteiger partial charge is 0.368 e. The van der Waals surface area contributed by atoms with Crippen molar-refractivity contribution in [2.75, 3.05) is 18.4 Å². The molecule has 0 unspecified atom stereocenters. The van der Waals surface area contributed by atoms with Crippen molar-refractivity contribution in [1.82, 2.24) is 15.3 Å². The van der Waals surface area contributed by atoms with Crippen molar-refractivity contribution in [2.45, 2.75) is 32.6 Å². The molecule has 0 saturated heterocycles. The van der Waals surface area contributed by atoms with Gasteiger partial charge in [0, 0.05) is 31.0 Å². The fraction of sp³-hybridized carbons (Fsp3) is 0.615. The first-order valence-electron chi connectivity index (χ1n) is 6.69. The van der Waals surface area contributed by atoms with Crippen molar-refractivity contribution in [3.8, 4) is 0 Å². The number of nitrogens with zero attached hydrogens (tertiary/aromatic N) is 1. The Hall–Kier alpha value is -1.85. The summed E-state index contributed by atoms with van der Waals surface area (Å²) in [5.41, 5.74) is -0.164. The summed E-state index contributed by atoms with van der Waals surface area (Å²) in [5, 5.41) is 5.90. The molecule has 0 atom stereocenters. The van der Waals surface area contributed by atoms with E-state index in [0.717, 1.165) is 12.8 Å². The van der Waals surface area contributed by atoms with E-state index in [1.54, 1.807) is 0 Å². The van der Waals surface area contributed by atoms with Crippen LogP contribution < -0.4 is 16.2 Å². The Morgan fingerprint density at radius 3 is 2.84 bits per heavy atom. The summed E-state index contributed by atoms with van der Waals surface area (Å²) >= 11 is 0. The molecular weight excluding hydrogens is 244 g/mol. The van der Waals surface area contributed by atoms with Crippen LogP contribution in [0.2, 0.25) is 0 Å². The molecule has 1 amide bonds. The number of hydrogen-bond acceptors (Lipinski definition) is 4. The Morgan fingerprint density at radius 1 is 1.47 bits per heavy atom. The minimum Gasteiger partial charge on any atom is -0.368 e. The van der Waals surface area contributed by atoms with E-state index < -0.39 is 0 Å². The van der Waals surface area contributed by atoms with Crippen LogP contribution >= 0.6 is 0 Å². The van der Waals surface area contributed by atoms with E-state index in [-0.39, 0.29) is 23.3 Å². The second kappa shape index (κ2) is 5.86. The van der Waals surface area contributed by atoms with Crippen LogP contribution in [-0.2, 0) is 4.79 Å². The summed E-state index contributed by atoms with van der Waals surface area (Å²) in [4.78, 5) is 29.9. The summed E-state index contributed by atoms with van der Waals surface area (Å²) in [6, 6.07) is 1.43. The molecule has 0 bridgehead atoms. The first kappa shape index (κ1) is 13.6. The number of hydrogen-bond donors (Lipinski definition) is 3. The van der Waals surface area contributed by atoms with E-state index >= 15 is 0 Å². The summed E-state index contributed by atoms with van der Waals surface area (Å²) in [6.07, 6.45) is 2.01. The molecule has 0 spiro atoms. The highest BCUT2D eigenvalue weighted by Gasteiger charge is 2.28. The Bertz CT molecular complexity index is 506. The predicted molar refractivity (Wildman–Crippen MR) is 73.2 cm³/mol. The molecule has 6 heteroatoms. The molecule has 0 aliphatic heterocycles. The van der Waals surface area contributed by atoms with Crippen LogP contribution in [0.4, 0.5) is 5.82 Å². The van der Waals surface area contributed by atoms with E-state index in [0.29, 0.717) is 24.7 Å². The fourth-order valence-corrected chi connectivity index (χ4v) is 1.71. The van der Waals surface area contributed by atoms with Gasteiger partial charge in [-0.15, -0.1) is 0 Å². The van der Waals surface area contributed by atoms with E-state index in [4.69, 9.17) is 0 Å². The molecule has 1 aromatic heterocycles. The number of aromatic amines is 1. The van der Waals surface area contributed by atoms with Gasteiger partial charge in [-0.1, -0.05) is 13.8 Å². The van der Waals surface area contributed by atoms with Gasteiger partial charge in [0.1, 0.15) is 11.6 Å². The smallest absolute Gasteiger partial charge is 0.252 e. The maximum atomic E-state index is 11.4. The first-order chi connectivity index (χ1) is 9.06. The molecule has 6 nitrogen and oxygen atoms in total. The highest BCUT2D eigenvalue weighted by Crippen LogP contribution is 2.28. The molecule has 2 rings (SSSR count). The zero-order chi connectivity index (χ0) is 13.8. The Labute approximate surface area is 112 Å². The van der Waals surface area contributed by atoms with Crippen molar-refractivity contribution in [2.24, 2.45) is 5.92 Å². The SMILES string of the molecule is CC(C)c1nc(NCCNC(=O)C2CC2)cc(=O)[nH]1. The van der Waals surface area contributed by atoms with Gasteiger partial charge in [-0.05, 0) is 12.8 Å². The molecule has 0 radical (unpaired) electrons. The van der Waals surface area contributed by atoms with Gasteiger partial charge in [-0.25, -0.2) is 4.98 Å². The molecule has 1 heterocycles. The van der Waals surface area contributed by atoms with Gasteiger partial charge in [0.2, 0.25) is 5.91 Å². The molecule has 1 aromatic rings. The minimum atomic E-state index is -0.164. The number of carbonyl (C=O) groups excluding carboxylic acids is 1. The molecule has 1 fully saturated rings. The molecule has 19 heavy (non-hydrogen) atoms. The van der Waals surface area contributed by atoms with Crippen LogP contribution in [0.25, 0.3) is 0 Å². The lowest BCUT2D eigenvalue weighted by Crippen LogP contribution is -2.30. The zero-order valence-corrected chi connectivity index (χ0v) is 11.3. The van der Waals surface area contributed by atoms with Crippen LogP contribution in [-0.4, -0.2) is 29.0 Å². The number of anilines is 1. The number of aromatic nitrogens is 2. The van der Waals surface area contributed by atoms with Crippen LogP contribution in [0.3, 0.4) is 0 Å². The Balaban J connectivity index is 1.81. The monoisotopic (exact) mass is 264 g/mol. The Kier molecular flexibility index (Phi) is 4.19. The van der Waals surface area contributed by atoms with Crippen LogP contribution in [0.1, 0.15) is 38.4 Å². The van der Waals surface area contributed by atoms with E-state index in [2.05, 4.69) is 20.6 Å². The molecule has 1 aliphatic carbocycles. The lowest BCUT2D eigenvalue weighted by atomic mass is 10.2. The fourth-order valence-electron chi connectivity index (χ4n) is 1.71. The van der Waals surface area contributed by atoms with Crippen molar-refractivity contribution in [1.29, 1.82) is 0 Å². The van der Waals surface area contributed by atoms with Crippen molar-refractivity contribution in [3.05, 3.63) is 22.2 Å². The van der Waals surface area contributed by atoms with Crippen LogP contribution in [0.15, 0.2) is 10.9 Å². The van der Waals surface area contributed by atoms with Gasteiger partial charge in [-0.3, -0.25) is 9.59 Å². The standard InChI is InChI=1S/C13H20N4O2/c1-8(2)12-16-10(7-11(18)17-12)14-5-6-15-13(19)9-3-4-9/h7-9H,3-6H2,1-2H3,(H,15,19)(H2,14,16,17,18). The molecule has 104 valence electrons. The molecule has 3 N–H and O–H groups in total. The van der Waals surface area contributed by atoms with Gasteiger partial charge in [0.25, 0.3) is 5.56 Å². The maximum absolute atomic E-state index is 11.4. The first-order valence-corrected chi connectivity index (χ1v) is 6.69. The third-order valence-electron chi connectivity index (χ3n) is 2.99. The summed E-state index contributed by atoms with van der Waals surface area (Å²) in [7, 11) is 0. The second-order valence-corrected chi connectivity index (χ2v) is 5.16. The zero-order valence-electron chi connectivity index (χ0n) is 11.3. The van der Waals surface area contributed by atoms with Gasteiger partial charge in [0.05, 0.1) is 0 Å². The normalized spacial score (nSPS) is 14.5. The number of rotatable bonds is 6. The number of nitrogens with one attached hydrogen (secondary N) is 3. The number of carbonyl (C=O) groups is 1. The molecule has 0 aromatic carbocycles. The number of amides is 1. The van der Waals surface area contributed by atoms with Crippen molar-refractivity contribution < 1.29 is 4.79 Å². The quantitative estimate of drug-likeness (QED) is 0.664. The summed E-state index contributed by atoms with van der Waals surface area (Å²) < 4.78 is 0. The molecule has 1 saturated carbocycles. The topological polar surface area (TPSA) is 86.9 Å². The average Bonchev–Trinajstić information content (AvgIpc) is 3.17. The lowest BCUT2D eigenvalue weighted by molar-refractivity contribution is -0.122. The van der Waals surface area contributed by atoms with Gasteiger partial charge in [-0.2, -0.15) is 0 Å². The van der Waals surface area contributed by atoms with Crippen LogP contribution in [0.5, 0.6) is 0 Å². The van der Waals surface area contributed by atoms with Crippen molar-refractivity contribution >= 4 is 11.7 Å². The second-order valence-electron chi connectivity index (χ2n) is 5.16. The molecular formula is C13H20N4O2. The van der Waals surface area contributed by atoms with E-state index in [1.165, 1.54) is 6.07 Å². The number of H-pyrrole nitrogens is 1. The third-order valence-corrected chi connectivity index (χ3v) is 2.99. The van der Waals surface area contributed by atoms with Gasteiger partial charge in [0.15, 0.2) is 0 Å². The summed E-state index contributed by atoms with van der Waals surface area (Å²) in [5.74, 6) is 1.74. The third kappa shape index (κ3) is 4.08. The summed E-state index contributed by atoms with van der Waals surface area (Å²) in [6.45, 7) is 5.04.